The first kappa shape index (κ1) is 14.5. The van der Waals surface area contributed by atoms with E-state index in [1.54, 1.807) is 6.07 Å². The van der Waals surface area contributed by atoms with E-state index in [4.69, 9.17) is 38.4 Å². The Morgan fingerprint density at radius 2 is 1.57 bits per heavy atom. The number of hydrogen-bond acceptors (Lipinski definition) is 3. The molecular formula is C16H15Cl2NO2. The number of hydrogen-bond donors (Lipinski definition) is 1. The number of ether oxygens (including phenoxy) is 2. The Labute approximate surface area is 133 Å². The van der Waals surface area contributed by atoms with Crippen molar-refractivity contribution < 1.29 is 9.47 Å². The van der Waals surface area contributed by atoms with Crippen LogP contribution in [-0.4, -0.2) is 13.2 Å². The lowest BCUT2D eigenvalue weighted by Crippen LogP contribution is -2.18. The Kier molecular flexibility index (Phi) is 3.98. The minimum Gasteiger partial charge on any atom is -0.486 e. The van der Waals surface area contributed by atoms with Gasteiger partial charge in [-0.3, -0.25) is 0 Å². The number of halogens is 2. The fourth-order valence-electron chi connectivity index (χ4n) is 2.37. The van der Waals surface area contributed by atoms with Crippen LogP contribution in [-0.2, 0) is 0 Å². The van der Waals surface area contributed by atoms with E-state index >= 15 is 0 Å². The maximum Gasteiger partial charge on any atom is 0.162 e. The van der Waals surface area contributed by atoms with Crippen LogP contribution in [0.4, 0.5) is 0 Å². The Morgan fingerprint density at radius 3 is 2.24 bits per heavy atom. The molecule has 1 unspecified atom stereocenters. The van der Waals surface area contributed by atoms with Crippen LogP contribution in [0.5, 0.6) is 11.5 Å². The third-order valence-corrected chi connectivity index (χ3v) is 4.14. The Hall–Kier alpha value is -1.42. The van der Waals surface area contributed by atoms with Gasteiger partial charge in [-0.25, -0.2) is 0 Å². The van der Waals surface area contributed by atoms with Crippen LogP contribution < -0.4 is 15.2 Å². The first-order valence-corrected chi connectivity index (χ1v) is 7.42. The molecule has 5 heteroatoms. The van der Waals surface area contributed by atoms with Crippen LogP contribution in [0.15, 0.2) is 30.3 Å². The van der Waals surface area contributed by atoms with Gasteiger partial charge in [0.15, 0.2) is 11.5 Å². The molecule has 0 radical (unpaired) electrons. The van der Waals surface area contributed by atoms with Gasteiger partial charge in [0.25, 0.3) is 0 Å². The lowest BCUT2D eigenvalue weighted by atomic mass is 9.98. The second kappa shape index (κ2) is 5.76. The summed E-state index contributed by atoms with van der Waals surface area (Å²) in [4.78, 5) is 0. The molecule has 21 heavy (non-hydrogen) atoms. The minimum atomic E-state index is -0.415. The first-order chi connectivity index (χ1) is 10.1. The Balaban J connectivity index is 2.03. The van der Waals surface area contributed by atoms with Gasteiger partial charge in [-0.15, -0.1) is 0 Å². The van der Waals surface area contributed by atoms with E-state index in [1.807, 2.05) is 31.2 Å². The molecule has 0 spiro atoms. The van der Waals surface area contributed by atoms with E-state index in [0.717, 1.165) is 16.7 Å². The van der Waals surface area contributed by atoms with E-state index < -0.39 is 6.04 Å². The molecule has 0 fully saturated rings. The normalized spacial score (nSPS) is 14.9. The standard InChI is InChI=1S/C16H15Cl2NO2/c1-9-2-3-10(12(17)6-9)16(19)11-7-14-15(8-13(11)18)21-5-4-20-14/h2-3,6-8,16H,4-5,19H2,1H3. The van der Waals surface area contributed by atoms with Gasteiger partial charge >= 0.3 is 0 Å². The molecule has 2 aromatic carbocycles. The van der Waals surface area contributed by atoms with Crippen LogP contribution in [0.3, 0.4) is 0 Å². The van der Waals surface area contributed by atoms with E-state index in [0.29, 0.717) is 34.8 Å². The van der Waals surface area contributed by atoms with Crippen molar-refractivity contribution in [3.05, 3.63) is 57.1 Å². The second-order valence-corrected chi connectivity index (χ2v) is 5.83. The molecule has 1 aliphatic heterocycles. The quantitative estimate of drug-likeness (QED) is 0.904. The number of fused-ring (bicyclic) bond motifs is 1. The summed E-state index contributed by atoms with van der Waals surface area (Å²) >= 11 is 12.6. The highest BCUT2D eigenvalue weighted by molar-refractivity contribution is 6.32. The van der Waals surface area contributed by atoms with Crippen molar-refractivity contribution >= 4 is 23.2 Å². The molecule has 0 aromatic heterocycles. The van der Waals surface area contributed by atoms with Gasteiger partial charge in [0, 0.05) is 16.1 Å². The Bertz CT molecular complexity index is 688. The van der Waals surface area contributed by atoms with Crippen LogP contribution in [0.1, 0.15) is 22.7 Å². The maximum absolute atomic E-state index is 6.34. The third kappa shape index (κ3) is 2.82. The van der Waals surface area contributed by atoms with Crippen LogP contribution in [0, 0.1) is 6.92 Å². The molecular weight excluding hydrogens is 309 g/mol. The van der Waals surface area contributed by atoms with Gasteiger partial charge in [-0.1, -0.05) is 35.3 Å². The number of nitrogens with two attached hydrogens (primary N) is 1. The molecule has 1 heterocycles. The van der Waals surface area contributed by atoms with Crippen molar-refractivity contribution in [2.75, 3.05) is 13.2 Å². The van der Waals surface area contributed by atoms with Gasteiger partial charge in [-0.2, -0.15) is 0 Å². The summed E-state index contributed by atoms with van der Waals surface area (Å²) in [6.07, 6.45) is 0. The van der Waals surface area contributed by atoms with Gasteiger partial charge in [0.1, 0.15) is 13.2 Å². The van der Waals surface area contributed by atoms with E-state index in [1.165, 1.54) is 0 Å². The van der Waals surface area contributed by atoms with E-state index in [9.17, 15) is 0 Å². The van der Waals surface area contributed by atoms with Crippen molar-refractivity contribution in [2.45, 2.75) is 13.0 Å². The van der Waals surface area contributed by atoms with Gasteiger partial charge in [0.05, 0.1) is 6.04 Å². The summed E-state index contributed by atoms with van der Waals surface area (Å²) in [5.41, 5.74) is 9.03. The highest BCUT2D eigenvalue weighted by Crippen LogP contribution is 2.39. The summed E-state index contributed by atoms with van der Waals surface area (Å²) in [6, 6.07) is 8.96. The van der Waals surface area contributed by atoms with Crippen molar-refractivity contribution in [3.63, 3.8) is 0 Å². The summed E-state index contributed by atoms with van der Waals surface area (Å²) in [5.74, 6) is 1.32. The number of rotatable bonds is 2. The summed E-state index contributed by atoms with van der Waals surface area (Å²) in [7, 11) is 0. The third-order valence-electron chi connectivity index (χ3n) is 3.49. The first-order valence-electron chi connectivity index (χ1n) is 6.67. The zero-order valence-electron chi connectivity index (χ0n) is 11.5. The largest absolute Gasteiger partial charge is 0.486 e. The van der Waals surface area contributed by atoms with Gasteiger partial charge in [-0.05, 0) is 35.7 Å². The molecule has 1 aliphatic rings. The molecule has 0 saturated carbocycles. The molecule has 0 bridgehead atoms. The van der Waals surface area contributed by atoms with Gasteiger partial charge < -0.3 is 15.2 Å². The zero-order chi connectivity index (χ0) is 15.0. The summed E-state index contributed by atoms with van der Waals surface area (Å²) < 4.78 is 11.1. The van der Waals surface area contributed by atoms with Gasteiger partial charge in [0.2, 0.25) is 0 Å². The molecule has 0 amide bonds. The van der Waals surface area contributed by atoms with Crippen LogP contribution in [0.2, 0.25) is 10.0 Å². The molecule has 110 valence electrons. The minimum absolute atomic E-state index is 0.415. The highest BCUT2D eigenvalue weighted by atomic mass is 35.5. The van der Waals surface area contributed by atoms with E-state index in [2.05, 4.69) is 0 Å². The van der Waals surface area contributed by atoms with Crippen molar-refractivity contribution in [3.8, 4) is 11.5 Å². The second-order valence-electron chi connectivity index (χ2n) is 5.02. The number of aryl methyl sites for hydroxylation is 1. The topological polar surface area (TPSA) is 44.5 Å². The monoisotopic (exact) mass is 323 g/mol. The summed E-state index contributed by atoms with van der Waals surface area (Å²) in [6.45, 7) is 3.03. The maximum atomic E-state index is 6.34. The Morgan fingerprint density at radius 1 is 0.952 bits per heavy atom. The van der Waals surface area contributed by atoms with Crippen molar-refractivity contribution in [1.29, 1.82) is 0 Å². The van der Waals surface area contributed by atoms with Crippen molar-refractivity contribution in [2.24, 2.45) is 5.73 Å². The van der Waals surface area contributed by atoms with Crippen molar-refractivity contribution in [1.82, 2.24) is 0 Å². The van der Waals surface area contributed by atoms with E-state index in [-0.39, 0.29) is 0 Å². The molecule has 2 N–H and O–H groups in total. The molecule has 0 saturated heterocycles. The average molecular weight is 324 g/mol. The highest BCUT2D eigenvalue weighted by Gasteiger charge is 2.21. The van der Waals surface area contributed by atoms with Crippen LogP contribution in [0.25, 0.3) is 0 Å². The average Bonchev–Trinajstić information content (AvgIpc) is 2.46. The molecule has 3 nitrogen and oxygen atoms in total. The lowest BCUT2D eigenvalue weighted by molar-refractivity contribution is 0.171. The molecule has 1 atom stereocenters. The molecule has 0 aliphatic carbocycles. The zero-order valence-corrected chi connectivity index (χ0v) is 13.0. The fraction of sp³-hybridized carbons (Fsp3) is 0.250. The fourth-order valence-corrected chi connectivity index (χ4v) is 2.99. The predicted octanol–water partition coefficient (Wildman–Crippen LogP) is 4.12. The number of benzene rings is 2. The molecule has 3 rings (SSSR count). The smallest absolute Gasteiger partial charge is 0.162 e. The SMILES string of the molecule is Cc1ccc(C(N)c2cc3c(cc2Cl)OCCO3)c(Cl)c1. The summed E-state index contributed by atoms with van der Waals surface area (Å²) in [5, 5.41) is 1.18. The van der Waals surface area contributed by atoms with Crippen LogP contribution >= 0.6 is 23.2 Å². The lowest BCUT2D eigenvalue weighted by Gasteiger charge is -2.22. The predicted molar refractivity (Wildman–Crippen MR) is 84.7 cm³/mol. The molecule has 2 aromatic rings.